The van der Waals surface area contributed by atoms with Crippen LogP contribution in [0.2, 0.25) is 0 Å². The normalized spacial score (nSPS) is 22.7. The maximum absolute atomic E-state index is 10.3. The Bertz CT molecular complexity index is 467. The molecule has 1 aromatic rings. The zero-order valence-electron chi connectivity index (χ0n) is 13.2. The van der Waals surface area contributed by atoms with Crippen molar-refractivity contribution >= 4 is 5.69 Å². The molecule has 2 N–H and O–H groups in total. The lowest BCUT2D eigenvalue weighted by Gasteiger charge is -2.31. The number of ether oxygens (including phenoxy) is 1. The Hall–Kier alpha value is -1.10. The number of anilines is 1. The van der Waals surface area contributed by atoms with E-state index in [1.807, 2.05) is 0 Å². The maximum atomic E-state index is 10.3. The van der Waals surface area contributed by atoms with Gasteiger partial charge in [0.15, 0.2) is 0 Å². The number of aliphatic hydroxyl groups is 2. The summed E-state index contributed by atoms with van der Waals surface area (Å²) in [6, 6.07) is 8.51. The molecule has 1 saturated heterocycles. The molecule has 1 aromatic carbocycles. The minimum atomic E-state index is -0.664. The van der Waals surface area contributed by atoms with Crippen LogP contribution < -0.4 is 4.90 Å². The quantitative estimate of drug-likeness (QED) is 0.875. The van der Waals surface area contributed by atoms with E-state index in [0.29, 0.717) is 5.92 Å². The van der Waals surface area contributed by atoms with Crippen LogP contribution >= 0.6 is 0 Å². The molecule has 0 aromatic heterocycles. The predicted molar refractivity (Wildman–Crippen MR) is 87.3 cm³/mol. The van der Waals surface area contributed by atoms with Gasteiger partial charge in [0.05, 0.1) is 25.9 Å². The second-order valence-electron chi connectivity index (χ2n) is 6.51. The van der Waals surface area contributed by atoms with Gasteiger partial charge in [0, 0.05) is 24.7 Å². The van der Waals surface area contributed by atoms with Crippen LogP contribution in [0, 0.1) is 5.92 Å². The Kier molecular flexibility index (Phi) is 5.34. The van der Waals surface area contributed by atoms with Gasteiger partial charge in [0.25, 0.3) is 0 Å². The van der Waals surface area contributed by atoms with Crippen molar-refractivity contribution in [3.05, 3.63) is 29.8 Å². The van der Waals surface area contributed by atoms with Gasteiger partial charge >= 0.3 is 0 Å². The SMILES string of the molecule is OCC(O)C(c1cccc(N2CCOCC2)c1)C1CCCC1. The lowest BCUT2D eigenvalue weighted by atomic mass is 9.81. The first-order chi connectivity index (χ1) is 10.8. The van der Waals surface area contributed by atoms with Gasteiger partial charge in [-0.3, -0.25) is 0 Å². The molecule has 2 unspecified atom stereocenters. The van der Waals surface area contributed by atoms with E-state index >= 15 is 0 Å². The highest BCUT2D eigenvalue weighted by Gasteiger charge is 2.31. The maximum Gasteiger partial charge on any atom is 0.0841 e. The van der Waals surface area contributed by atoms with Crippen LogP contribution in [0.15, 0.2) is 24.3 Å². The van der Waals surface area contributed by atoms with Crippen LogP contribution in [-0.4, -0.2) is 49.2 Å². The molecular weight excluding hydrogens is 278 g/mol. The van der Waals surface area contributed by atoms with Crippen LogP contribution in [0.1, 0.15) is 37.2 Å². The summed E-state index contributed by atoms with van der Waals surface area (Å²) in [5, 5.41) is 19.8. The Morgan fingerprint density at radius 2 is 1.91 bits per heavy atom. The van der Waals surface area contributed by atoms with Crippen molar-refractivity contribution in [1.29, 1.82) is 0 Å². The van der Waals surface area contributed by atoms with Gasteiger partial charge in [0.1, 0.15) is 0 Å². The van der Waals surface area contributed by atoms with Gasteiger partial charge in [0.2, 0.25) is 0 Å². The molecule has 1 heterocycles. The molecular formula is C18H27NO3. The summed E-state index contributed by atoms with van der Waals surface area (Å²) >= 11 is 0. The summed E-state index contributed by atoms with van der Waals surface area (Å²) < 4.78 is 5.42. The average Bonchev–Trinajstić information content (AvgIpc) is 3.10. The zero-order chi connectivity index (χ0) is 15.4. The van der Waals surface area contributed by atoms with Crippen LogP contribution in [0.5, 0.6) is 0 Å². The topological polar surface area (TPSA) is 52.9 Å². The number of hydrogen-bond donors (Lipinski definition) is 2. The van der Waals surface area contributed by atoms with Crippen molar-refractivity contribution in [3.63, 3.8) is 0 Å². The lowest BCUT2D eigenvalue weighted by Crippen LogP contribution is -2.36. The highest BCUT2D eigenvalue weighted by Crippen LogP contribution is 2.40. The molecule has 1 saturated carbocycles. The molecule has 2 fully saturated rings. The summed E-state index contributed by atoms with van der Waals surface area (Å²) in [4.78, 5) is 2.34. The highest BCUT2D eigenvalue weighted by molar-refractivity contribution is 5.50. The second kappa shape index (κ2) is 7.44. The van der Waals surface area contributed by atoms with E-state index in [-0.39, 0.29) is 12.5 Å². The number of aliphatic hydroxyl groups excluding tert-OH is 2. The second-order valence-corrected chi connectivity index (χ2v) is 6.51. The minimum Gasteiger partial charge on any atom is -0.394 e. The van der Waals surface area contributed by atoms with E-state index in [1.165, 1.54) is 18.5 Å². The molecule has 2 aliphatic rings. The van der Waals surface area contributed by atoms with Crippen molar-refractivity contribution in [2.24, 2.45) is 5.92 Å². The number of rotatable bonds is 5. The van der Waals surface area contributed by atoms with Gasteiger partial charge < -0.3 is 19.8 Å². The average molecular weight is 305 g/mol. The van der Waals surface area contributed by atoms with Crippen LogP contribution in [-0.2, 0) is 4.74 Å². The highest BCUT2D eigenvalue weighted by atomic mass is 16.5. The van der Waals surface area contributed by atoms with E-state index in [0.717, 1.165) is 44.7 Å². The van der Waals surface area contributed by atoms with Crippen molar-refractivity contribution in [1.82, 2.24) is 0 Å². The van der Waals surface area contributed by atoms with Gasteiger partial charge in [-0.25, -0.2) is 0 Å². The monoisotopic (exact) mass is 305 g/mol. The molecule has 0 spiro atoms. The smallest absolute Gasteiger partial charge is 0.0841 e. The molecule has 0 radical (unpaired) electrons. The first-order valence-electron chi connectivity index (χ1n) is 8.51. The summed E-state index contributed by atoms with van der Waals surface area (Å²) in [5.74, 6) is 0.538. The fourth-order valence-corrected chi connectivity index (χ4v) is 3.99. The van der Waals surface area contributed by atoms with Gasteiger partial charge in [-0.1, -0.05) is 25.0 Å². The van der Waals surface area contributed by atoms with Crippen molar-refractivity contribution in [3.8, 4) is 0 Å². The summed E-state index contributed by atoms with van der Waals surface area (Å²) in [6.45, 7) is 3.22. The van der Waals surface area contributed by atoms with Crippen LogP contribution in [0.3, 0.4) is 0 Å². The molecule has 4 nitrogen and oxygen atoms in total. The first kappa shape index (κ1) is 15.8. The molecule has 2 atom stereocenters. The fourth-order valence-electron chi connectivity index (χ4n) is 3.99. The van der Waals surface area contributed by atoms with E-state index in [4.69, 9.17) is 4.74 Å². The van der Waals surface area contributed by atoms with E-state index in [1.54, 1.807) is 0 Å². The largest absolute Gasteiger partial charge is 0.394 e. The number of morpholine rings is 1. The summed E-state index contributed by atoms with van der Waals surface area (Å²) in [5.41, 5.74) is 2.37. The van der Waals surface area contributed by atoms with Gasteiger partial charge in [-0.15, -0.1) is 0 Å². The van der Waals surface area contributed by atoms with Gasteiger partial charge in [-0.05, 0) is 36.5 Å². The Morgan fingerprint density at radius 1 is 1.18 bits per heavy atom. The van der Waals surface area contributed by atoms with Crippen LogP contribution in [0.4, 0.5) is 5.69 Å². The third kappa shape index (κ3) is 3.45. The standard InChI is InChI=1S/C18H27NO3/c20-13-17(21)18(14-4-1-2-5-14)15-6-3-7-16(12-15)19-8-10-22-11-9-19/h3,6-7,12,14,17-18,20-21H,1-2,4-5,8-11,13H2. The molecule has 0 bridgehead atoms. The molecule has 4 heteroatoms. The third-order valence-corrected chi connectivity index (χ3v) is 5.14. The van der Waals surface area contributed by atoms with Crippen LogP contribution in [0.25, 0.3) is 0 Å². The third-order valence-electron chi connectivity index (χ3n) is 5.14. The zero-order valence-corrected chi connectivity index (χ0v) is 13.2. The van der Waals surface area contributed by atoms with Crippen molar-refractivity contribution in [2.75, 3.05) is 37.8 Å². The Morgan fingerprint density at radius 3 is 2.59 bits per heavy atom. The number of nitrogens with zero attached hydrogens (tertiary/aromatic N) is 1. The molecule has 122 valence electrons. The predicted octanol–water partition coefficient (Wildman–Crippen LogP) is 2.15. The Balaban J connectivity index is 1.83. The molecule has 1 aliphatic carbocycles. The van der Waals surface area contributed by atoms with E-state index in [9.17, 15) is 10.2 Å². The molecule has 22 heavy (non-hydrogen) atoms. The van der Waals surface area contributed by atoms with Gasteiger partial charge in [-0.2, -0.15) is 0 Å². The Labute approximate surface area is 132 Å². The van der Waals surface area contributed by atoms with E-state index < -0.39 is 6.10 Å². The number of hydrogen-bond acceptors (Lipinski definition) is 4. The summed E-state index contributed by atoms with van der Waals surface area (Å²) in [7, 11) is 0. The molecule has 1 aliphatic heterocycles. The molecule has 3 rings (SSSR count). The van der Waals surface area contributed by atoms with Crippen molar-refractivity contribution in [2.45, 2.75) is 37.7 Å². The number of benzene rings is 1. The minimum absolute atomic E-state index is 0.0495. The fraction of sp³-hybridized carbons (Fsp3) is 0.667. The first-order valence-corrected chi connectivity index (χ1v) is 8.51. The summed E-state index contributed by atoms with van der Waals surface area (Å²) in [6.07, 6.45) is 4.13. The lowest BCUT2D eigenvalue weighted by molar-refractivity contribution is 0.0549. The van der Waals surface area contributed by atoms with E-state index in [2.05, 4.69) is 29.2 Å². The molecule has 0 amide bonds. The van der Waals surface area contributed by atoms with Crippen molar-refractivity contribution < 1.29 is 14.9 Å².